The average Bonchev–Trinajstić information content (AvgIpc) is 2.91. The molecule has 2 aliphatic rings. The summed E-state index contributed by atoms with van der Waals surface area (Å²) in [6, 6.07) is 0. The van der Waals surface area contributed by atoms with Crippen molar-refractivity contribution in [2.45, 2.75) is 57.6 Å². The molecule has 1 aliphatic carbocycles. The second-order valence-electron chi connectivity index (χ2n) is 6.29. The molecule has 1 heterocycles. The van der Waals surface area contributed by atoms with Crippen molar-refractivity contribution >= 4 is 12.1 Å². The number of carboxylic acid groups (broad SMARTS) is 1. The van der Waals surface area contributed by atoms with Crippen LogP contribution < -0.4 is 0 Å². The van der Waals surface area contributed by atoms with E-state index in [2.05, 4.69) is 0 Å². The average molecular weight is 255 g/mol. The number of nitrogens with zero attached hydrogens (tertiary/aromatic N) is 1. The Kier molecular flexibility index (Phi) is 3.03. The van der Waals surface area contributed by atoms with Crippen LogP contribution in [0.1, 0.15) is 46.5 Å². The second kappa shape index (κ2) is 4.14. The Morgan fingerprint density at radius 1 is 1.33 bits per heavy atom. The van der Waals surface area contributed by atoms with Gasteiger partial charge >= 0.3 is 12.1 Å². The maximum Gasteiger partial charge on any atom is 0.410 e. The van der Waals surface area contributed by atoms with Gasteiger partial charge in [0.25, 0.3) is 0 Å². The molecule has 1 N–H and O–H groups in total. The molecule has 2 atom stereocenters. The standard InChI is InChI=1S/C13H21NO4/c1-12(2,3)18-11(17)14-7-5-4-6-13(14)8-9(13)10(15)16/h9H,4-8H2,1-3H3,(H,15,16). The molecular weight excluding hydrogens is 234 g/mol. The summed E-state index contributed by atoms with van der Waals surface area (Å²) < 4.78 is 5.37. The zero-order valence-electron chi connectivity index (χ0n) is 11.2. The van der Waals surface area contributed by atoms with Crippen LogP contribution in [0.3, 0.4) is 0 Å². The Bertz CT molecular complexity index is 374. The van der Waals surface area contributed by atoms with Crippen LogP contribution in [-0.2, 0) is 9.53 Å². The molecule has 1 spiro atoms. The lowest BCUT2D eigenvalue weighted by atomic mass is 9.98. The Morgan fingerprint density at radius 2 is 2.00 bits per heavy atom. The van der Waals surface area contributed by atoms with Crippen LogP contribution in [0.5, 0.6) is 0 Å². The highest BCUT2D eigenvalue weighted by Crippen LogP contribution is 2.54. The van der Waals surface area contributed by atoms with E-state index >= 15 is 0 Å². The van der Waals surface area contributed by atoms with Crippen LogP contribution in [0.15, 0.2) is 0 Å². The van der Waals surface area contributed by atoms with Gasteiger partial charge in [-0.25, -0.2) is 4.79 Å². The van der Waals surface area contributed by atoms with Crippen molar-refractivity contribution < 1.29 is 19.4 Å². The van der Waals surface area contributed by atoms with Crippen molar-refractivity contribution in [3.8, 4) is 0 Å². The molecule has 1 saturated carbocycles. The van der Waals surface area contributed by atoms with E-state index < -0.39 is 23.0 Å². The topological polar surface area (TPSA) is 66.8 Å². The lowest BCUT2D eigenvalue weighted by Crippen LogP contribution is -2.49. The predicted octanol–water partition coefficient (Wildman–Crippen LogP) is 2.25. The number of aliphatic carboxylic acids is 1. The molecule has 1 aliphatic heterocycles. The van der Waals surface area contributed by atoms with Gasteiger partial charge in [-0.2, -0.15) is 0 Å². The molecule has 2 rings (SSSR count). The van der Waals surface area contributed by atoms with Crippen LogP contribution in [-0.4, -0.2) is 39.8 Å². The van der Waals surface area contributed by atoms with Crippen molar-refractivity contribution in [2.75, 3.05) is 6.54 Å². The molecule has 2 fully saturated rings. The zero-order valence-corrected chi connectivity index (χ0v) is 11.2. The van der Waals surface area contributed by atoms with Crippen molar-refractivity contribution in [3.05, 3.63) is 0 Å². The summed E-state index contributed by atoms with van der Waals surface area (Å²) in [6.45, 7) is 6.08. The number of ether oxygens (including phenoxy) is 1. The Labute approximate surface area is 107 Å². The highest BCUT2D eigenvalue weighted by atomic mass is 16.6. The van der Waals surface area contributed by atoms with E-state index in [1.807, 2.05) is 20.8 Å². The summed E-state index contributed by atoms with van der Waals surface area (Å²) in [4.78, 5) is 24.9. The summed E-state index contributed by atoms with van der Waals surface area (Å²) >= 11 is 0. The Balaban J connectivity index is 2.11. The molecule has 1 saturated heterocycles. The lowest BCUT2D eigenvalue weighted by molar-refractivity contribution is -0.139. The molecule has 0 aromatic rings. The fourth-order valence-corrected chi connectivity index (χ4v) is 2.84. The molecule has 0 aromatic heterocycles. The molecule has 0 aromatic carbocycles. The first-order valence-corrected chi connectivity index (χ1v) is 6.50. The highest BCUT2D eigenvalue weighted by molar-refractivity contribution is 5.79. The van der Waals surface area contributed by atoms with E-state index in [0.29, 0.717) is 13.0 Å². The number of hydrogen-bond acceptors (Lipinski definition) is 3. The summed E-state index contributed by atoms with van der Waals surface area (Å²) in [5.41, 5.74) is -1.00. The second-order valence-corrected chi connectivity index (χ2v) is 6.29. The fraction of sp³-hybridized carbons (Fsp3) is 0.846. The van der Waals surface area contributed by atoms with E-state index in [-0.39, 0.29) is 6.09 Å². The number of amides is 1. The van der Waals surface area contributed by atoms with Gasteiger partial charge in [0.2, 0.25) is 0 Å². The number of rotatable bonds is 1. The summed E-state index contributed by atoms with van der Waals surface area (Å²) in [6.07, 6.45) is 2.90. The third kappa shape index (κ3) is 2.31. The van der Waals surface area contributed by atoms with E-state index in [1.54, 1.807) is 4.90 Å². The lowest BCUT2D eigenvalue weighted by Gasteiger charge is -2.37. The van der Waals surface area contributed by atoms with Crippen molar-refractivity contribution in [3.63, 3.8) is 0 Å². The smallest absolute Gasteiger partial charge is 0.410 e. The van der Waals surface area contributed by atoms with E-state index in [9.17, 15) is 9.59 Å². The molecule has 2 unspecified atom stereocenters. The van der Waals surface area contributed by atoms with Gasteiger partial charge in [-0.15, -0.1) is 0 Å². The number of hydrogen-bond donors (Lipinski definition) is 1. The number of carbonyl (C=O) groups is 2. The molecule has 102 valence electrons. The SMILES string of the molecule is CC(C)(C)OC(=O)N1CCCCC12CC2C(=O)O. The molecule has 18 heavy (non-hydrogen) atoms. The molecule has 5 nitrogen and oxygen atoms in total. The van der Waals surface area contributed by atoms with Crippen molar-refractivity contribution in [1.82, 2.24) is 4.90 Å². The number of carbonyl (C=O) groups excluding carboxylic acids is 1. The first-order valence-electron chi connectivity index (χ1n) is 6.50. The molecular formula is C13H21NO4. The van der Waals surface area contributed by atoms with Crippen LogP contribution in [0.25, 0.3) is 0 Å². The minimum absolute atomic E-state index is 0.369. The fourth-order valence-electron chi connectivity index (χ4n) is 2.84. The normalized spacial score (nSPS) is 31.3. The molecule has 1 amide bonds. The third-order valence-electron chi connectivity index (χ3n) is 3.74. The zero-order chi connectivity index (χ0) is 13.6. The van der Waals surface area contributed by atoms with Crippen LogP contribution >= 0.6 is 0 Å². The third-order valence-corrected chi connectivity index (χ3v) is 3.74. The van der Waals surface area contributed by atoms with Gasteiger partial charge in [-0.1, -0.05) is 0 Å². The highest BCUT2D eigenvalue weighted by Gasteiger charge is 2.64. The number of carboxylic acids is 1. The molecule has 5 heteroatoms. The first-order chi connectivity index (χ1) is 8.26. The Morgan fingerprint density at radius 3 is 2.50 bits per heavy atom. The van der Waals surface area contributed by atoms with Gasteiger partial charge in [0, 0.05) is 6.54 Å². The van der Waals surface area contributed by atoms with Gasteiger partial charge < -0.3 is 14.7 Å². The summed E-state index contributed by atoms with van der Waals surface area (Å²) in [7, 11) is 0. The van der Waals surface area contributed by atoms with Crippen molar-refractivity contribution in [2.24, 2.45) is 5.92 Å². The largest absolute Gasteiger partial charge is 0.481 e. The summed E-state index contributed by atoms with van der Waals surface area (Å²) in [5.74, 6) is -1.21. The molecule has 0 bridgehead atoms. The maximum atomic E-state index is 12.1. The van der Waals surface area contributed by atoms with Gasteiger partial charge in [-0.3, -0.25) is 4.79 Å². The molecule has 0 radical (unpaired) electrons. The van der Waals surface area contributed by atoms with E-state index in [1.165, 1.54) is 0 Å². The quantitative estimate of drug-likeness (QED) is 0.780. The predicted molar refractivity (Wildman–Crippen MR) is 65.3 cm³/mol. The van der Waals surface area contributed by atoms with Crippen LogP contribution in [0, 0.1) is 5.92 Å². The van der Waals surface area contributed by atoms with E-state index in [0.717, 1.165) is 19.3 Å². The maximum absolute atomic E-state index is 12.1. The van der Waals surface area contributed by atoms with Gasteiger partial charge in [0.1, 0.15) is 5.60 Å². The minimum Gasteiger partial charge on any atom is -0.481 e. The van der Waals surface area contributed by atoms with Gasteiger partial charge in [0.15, 0.2) is 0 Å². The number of piperidine rings is 1. The van der Waals surface area contributed by atoms with Gasteiger partial charge in [0.05, 0.1) is 11.5 Å². The first kappa shape index (κ1) is 13.2. The van der Waals surface area contributed by atoms with E-state index in [4.69, 9.17) is 9.84 Å². The van der Waals surface area contributed by atoms with Crippen LogP contribution in [0.4, 0.5) is 4.79 Å². The Hall–Kier alpha value is -1.26. The number of likely N-dealkylation sites (tertiary alicyclic amines) is 1. The van der Waals surface area contributed by atoms with Gasteiger partial charge in [-0.05, 0) is 46.5 Å². The van der Waals surface area contributed by atoms with Crippen molar-refractivity contribution in [1.29, 1.82) is 0 Å². The summed E-state index contributed by atoms with van der Waals surface area (Å²) in [5, 5.41) is 9.12. The minimum atomic E-state index is -0.801. The monoisotopic (exact) mass is 255 g/mol. The van der Waals surface area contributed by atoms with Crippen LogP contribution in [0.2, 0.25) is 0 Å².